The van der Waals surface area contributed by atoms with Gasteiger partial charge in [0.1, 0.15) is 11.5 Å². The molecule has 3 rings (SSSR count). The lowest BCUT2D eigenvalue weighted by Crippen LogP contribution is -2.47. The highest BCUT2D eigenvalue weighted by Gasteiger charge is 2.28. The van der Waals surface area contributed by atoms with Crippen LogP contribution in [0.15, 0.2) is 41.4 Å². The van der Waals surface area contributed by atoms with Crippen molar-refractivity contribution in [3.63, 3.8) is 0 Å². The number of nitro groups is 1. The van der Waals surface area contributed by atoms with Crippen LogP contribution >= 0.6 is 0 Å². The summed E-state index contributed by atoms with van der Waals surface area (Å²) < 4.78 is 27.7. The summed E-state index contributed by atoms with van der Waals surface area (Å²) >= 11 is 0. The molecule has 0 saturated carbocycles. The van der Waals surface area contributed by atoms with Crippen molar-refractivity contribution in [2.24, 2.45) is 0 Å². The molecule has 1 N–H and O–H groups in total. The zero-order valence-corrected chi connectivity index (χ0v) is 18.4. The van der Waals surface area contributed by atoms with Crippen molar-refractivity contribution in [1.29, 1.82) is 5.26 Å². The van der Waals surface area contributed by atoms with Crippen molar-refractivity contribution in [2.45, 2.75) is 31.2 Å². The highest BCUT2D eigenvalue weighted by molar-refractivity contribution is 7.89. The lowest BCUT2D eigenvalue weighted by molar-refractivity contribution is -0.384. The van der Waals surface area contributed by atoms with Crippen LogP contribution in [0.1, 0.15) is 26.3 Å². The highest BCUT2D eigenvalue weighted by atomic mass is 32.2. The van der Waals surface area contributed by atoms with Gasteiger partial charge in [-0.25, -0.2) is 18.1 Å². The number of benzene rings is 1. The molecule has 10 nitrogen and oxygen atoms in total. The van der Waals surface area contributed by atoms with E-state index in [1.165, 1.54) is 12.1 Å². The summed E-state index contributed by atoms with van der Waals surface area (Å²) in [4.78, 5) is 19.2. The molecule has 2 aromatic rings. The highest BCUT2D eigenvalue weighted by Crippen LogP contribution is 2.32. The molecule has 0 atom stereocenters. The Kier molecular flexibility index (Phi) is 6.15. The van der Waals surface area contributed by atoms with Crippen molar-refractivity contribution in [3.05, 3.63) is 52.2 Å². The molecule has 1 saturated heterocycles. The number of nitriles is 1. The van der Waals surface area contributed by atoms with Crippen molar-refractivity contribution < 1.29 is 13.3 Å². The molecule has 0 aliphatic carbocycles. The molecular formula is C20H24N6O4S. The number of rotatable bonds is 5. The summed E-state index contributed by atoms with van der Waals surface area (Å²) in [5, 5.41) is 20.8. The fourth-order valence-electron chi connectivity index (χ4n) is 3.38. The van der Waals surface area contributed by atoms with E-state index >= 15 is 0 Å². The Hall–Kier alpha value is -3.23. The minimum Gasteiger partial charge on any atom is -0.362 e. The second-order valence-electron chi connectivity index (χ2n) is 8.25. The Morgan fingerprint density at radius 1 is 1.13 bits per heavy atom. The van der Waals surface area contributed by atoms with Crippen molar-refractivity contribution in [1.82, 2.24) is 9.71 Å². The first-order valence-electron chi connectivity index (χ1n) is 9.69. The minimum atomic E-state index is -3.89. The summed E-state index contributed by atoms with van der Waals surface area (Å²) in [5.74, 6) is 0.683. The standard InChI is InChI=1S/C20H24N6O4S/c1-20(2,3)23-31(29,30)16-4-5-17(18(13-16)26(27)28)24-8-10-25(11-9-24)19-12-15(14-21)6-7-22-19/h4-7,12-13,23H,8-11H2,1-3H3. The number of aromatic nitrogens is 1. The molecule has 0 spiro atoms. The summed E-state index contributed by atoms with van der Waals surface area (Å²) in [6, 6.07) is 9.41. The molecule has 1 aromatic carbocycles. The SMILES string of the molecule is CC(C)(C)NS(=O)(=O)c1ccc(N2CCN(c3cc(C#N)ccn3)CC2)c([N+](=O)[O-])c1. The van der Waals surface area contributed by atoms with Crippen LogP contribution in [0, 0.1) is 21.4 Å². The van der Waals surface area contributed by atoms with Gasteiger partial charge < -0.3 is 9.80 Å². The van der Waals surface area contributed by atoms with Gasteiger partial charge in [-0.05, 0) is 45.0 Å². The number of nitro benzene ring substituents is 1. The van der Waals surface area contributed by atoms with E-state index in [0.717, 1.165) is 6.07 Å². The van der Waals surface area contributed by atoms with Gasteiger partial charge in [-0.15, -0.1) is 0 Å². The van der Waals surface area contributed by atoms with Crippen LogP contribution in [0.5, 0.6) is 0 Å². The molecular weight excluding hydrogens is 420 g/mol. The molecule has 164 valence electrons. The molecule has 0 amide bonds. The summed E-state index contributed by atoms with van der Waals surface area (Å²) in [6.07, 6.45) is 1.58. The number of piperazine rings is 1. The van der Waals surface area contributed by atoms with Crippen molar-refractivity contribution >= 4 is 27.2 Å². The Labute approximate surface area is 181 Å². The lowest BCUT2D eigenvalue weighted by Gasteiger charge is -2.36. The van der Waals surface area contributed by atoms with Gasteiger partial charge in [0.25, 0.3) is 5.69 Å². The van der Waals surface area contributed by atoms with Gasteiger partial charge in [-0.3, -0.25) is 10.1 Å². The Bertz CT molecular complexity index is 1130. The monoisotopic (exact) mass is 444 g/mol. The fraction of sp³-hybridized carbons (Fsp3) is 0.400. The number of hydrogen-bond donors (Lipinski definition) is 1. The van der Waals surface area contributed by atoms with E-state index in [4.69, 9.17) is 5.26 Å². The molecule has 2 heterocycles. The number of nitrogens with zero attached hydrogens (tertiary/aromatic N) is 5. The van der Waals surface area contributed by atoms with E-state index < -0.39 is 20.5 Å². The van der Waals surface area contributed by atoms with Crippen molar-refractivity contribution in [2.75, 3.05) is 36.0 Å². The number of anilines is 2. The summed E-state index contributed by atoms with van der Waals surface area (Å²) in [7, 11) is -3.89. The van der Waals surface area contributed by atoms with E-state index in [0.29, 0.717) is 43.2 Å². The zero-order valence-electron chi connectivity index (χ0n) is 17.6. The quantitative estimate of drug-likeness (QED) is 0.548. The minimum absolute atomic E-state index is 0.144. The van der Waals surface area contributed by atoms with E-state index in [1.54, 1.807) is 39.1 Å². The summed E-state index contributed by atoms with van der Waals surface area (Å²) in [5.41, 5.74) is -0.0730. The molecule has 1 fully saturated rings. The van der Waals surface area contributed by atoms with Gasteiger partial charge in [0.2, 0.25) is 10.0 Å². The van der Waals surface area contributed by atoms with Gasteiger partial charge in [0.05, 0.1) is 21.5 Å². The van der Waals surface area contributed by atoms with Crippen LogP contribution in [-0.2, 0) is 10.0 Å². The van der Waals surface area contributed by atoms with Gasteiger partial charge in [0, 0.05) is 44.0 Å². The van der Waals surface area contributed by atoms with Crippen molar-refractivity contribution in [3.8, 4) is 6.07 Å². The zero-order chi connectivity index (χ0) is 22.8. The third kappa shape index (κ3) is 5.28. The number of hydrogen-bond acceptors (Lipinski definition) is 8. The largest absolute Gasteiger partial charge is 0.362 e. The van der Waals surface area contributed by atoms with Crippen LogP contribution in [0.3, 0.4) is 0 Å². The maximum absolute atomic E-state index is 12.6. The maximum atomic E-state index is 12.6. The smallest absolute Gasteiger partial charge is 0.293 e. The molecule has 0 unspecified atom stereocenters. The Morgan fingerprint density at radius 2 is 1.77 bits per heavy atom. The predicted octanol–water partition coefficient (Wildman–Crippen LogP) is 2.26. The molecule has 1 aromatic heterocycles. The second-order valence-corrected chi connectivity index (χ2v) is 9.93. The molecule has 0 radical (unpaired) electrons. The first-order chi connectivity index (χ1) is 14.5. The predicted molar refractivity (Wildman–Crippen MR) is 117 cm³/mol. The molecule has 11 heteroatoms. The Balaban J connectivity index is 1.82. The normalized spacial score (nSPS) is 14.9. The van der Waals surface area contributed by atoms with E-state index in [9.17, 15) is 18.5 Å². The van der Waals surface area contributed by atoms with E-state index in [2.05, 4.69) is 15.8 Å². The lowest BCUT2D eigenvalue weighted by atomic mass is 10.1. The van der Waals surface area contributed by atoms with Crippen LogP contribution in [-0.4, -0.2) is 50.0 Å². The van der Waals surface area contributed by atoms with E-state index in [1.807, 2.05) is 9.80 Å². The third-order valence-corrected chi connectivity index (χ3v) is 6.47. The second kappa shape index (κ2) is 8.49. The van der Waals surface area contributed by atoms with Crippen LogP contribution < -0.4 is 14.5 Å². The average molecular weight is 445 g/mol. The first-order valence-corrected chi connectivity index (χ1v) is 11.2. The molecule has 1 aliphatic rings. The number of sulfonamides is 1. The van der Waals surface area contributed by atoms with Gasteiger partial charge in [-0.1, -0.05) is 0 Å². The van der Waals surface area contributed by atoms with Crippen LogP contribution in [0.25, 0.3) is 0 Å². The van der Waals surface area contributed by atoms with Gasteiger partial charge in [-0.2, -0.15) is 5.26 Å². The number of pyridine rings is 1. The third-order valence-electron chi connectivity index (χ3n) is 4.71. The fourth-order valence-corrected chi connectivity index (χ4v) is 4.82. The molecule has 1 aliphatic heterocycles. The van der Waals surface area contributed by atoms with Gasteiger partial charge in [0.15, 0.2) is 0 Å². The average Bonchev–Trinajstić information content (AvgIpc) is 2.71. The summed E-state index contributed by atoms with van der Waals surface area (Å²) in [6.45, 7) is 7.21. The van der Waals surface area contributed by atoms with Gasteiger partial charge >= 0.3 is 0 Å². The molecule has 31 heavy (non-hydrogen) atoms. The van der Waals surface area contributed by atoms with Crippen LogP contribution in [0.2, 0.25) is 0 Å². The topological polar surface area (TPSA) is 132 Å². The first kappa shape index (κ1) is 22.5. The van der Waals surface area contributed by atoms with Crippen LogP contribution in [0.4, 0.5) is 17.2 Å². The van der Waals surface area contributed by atoms with E-state index in [-0.39, 0.29) is 10.6 Å². The Morgan fingerprint density at radius 3 is 2.35 bits per heavy atom. The molecule has 0 bridgehead atoms. The maximum Gasteiger partial charge on any atom is 0.293 e. The number of nitrogens with one attached hydrogen (secondary N) is 1.